The van der Waals surface area contributed by atoms with Crippen molar-refractivity contribution in [3.8, 4) is 0 Å². The molecule has 1 saturated heterocycles. The molecule has 0 saturated carbocycles. The predicted octanol–water partition coefficient (Wildman–Crippen LogP) is 3.48. The summed E-state index contributed by atoms with van der Waals surface area (Å²) in [4.78, 5) is 19.3. The number of ether oxygens (including phenoxy) is 1. The van der Waals surface area contributed by atoms with E-state index in [1.165, 1.54) is 9.71 Å². The summed E-state index contributed by atoms with van der Waals surface area (Å²) in [6.07, 6.45) is 3.46. The zero-order valence-corrected chi connectivity index (χ0v) is 17.3. The number of carbonyl (C=O) groups is 1. The van der Waals surface area contributed by atoms with Gasteiger partial charge in [-0.2, -0.15) is 0 Å². The third kappa shape index (κ3) is 5.99. The van der Waals surface area contributed by atoms with Crippen molar-refractivity contribution < 1.29 is 9.53 Å². The van der Waals surface area contributed by atoms with Gasteiger partial charge in [-0.25, -0.2) is 4.98 Å². The van der Waals surface area contributed by atoms with Crippen LogP contribution in [0.5, 0.6) is 0 Å². The maximum Gasteiger partial charge on any atom is 0.220 e. The van der Waals surface area contributed by atoms with Crippen LogP contribution in [0.4, 0.5) is 0 Å². The summed E-state index contributed by atoms with van der Waals surface area (Å²) in [7, 11) is 0. The topological polar surface area (TPSA) is 54.5 Å². The molecule has 0 spiro atoms. The molecule has 2 heterocycles. The molecule has 0 aliphatic carbocycles. The number of para-hydroxylation sites is 1. The normalized spacial score (nSPS) is 16.7. The molecule has 148 valence electrons. The molecule has 6 heteroatoms. The van der Waals surface area contributed by atoms with Crippen LogP contribution in [0.15, 0.2) is 24.3 Å². The van der Waals surface area contributed by atoms with E-state index in [1.807, 2.05) is 6.07 Å². The van der Waals surface area contributed by atoms with E-state index in [0.717, 1.165) is 57.6 Å². The van der Waals surface area contributed by atoms with Gasteiger partial charge in [-0.1, -0.05) is 26.0 Å². The Balaban J connectivity index is 1.36. The van der Waals surface area contributed by atoms with Crippen molar-refractivity contribution in [2.45, 2.75) is 45.6 Å². The zero-order valence-electron chi connectivity index (χ0n) is 16.4. The zero-order chi connectivity index (χ0) is 19.1. The van der Waals surface area contributed by atoms with Gasteiger partial charge in [0.1, 0.15) is 0 Å². The monoisotopic (exact) mass is 389 g/mol. The van der Waals surface area contributed by atoms with E-state index in [9.17, 15) is 4.79 Å². The maximum atomic E-state index is 12.2. The number of hydrogen-bond acceptors (Lipinski definition) is 5. The molecule has 1 N–H and O–H groups in total. The van der Waals surface area contributed by atoms with Gasteiger partial charge in [0.2, 0.25) is 5.91 Å². The van der Waals surface area contributed by atoms with Crippen LogP contribution in [0, 0.1) is 5.92 Å². The van der Waals surface area contributed by atoms with Crippen LogP contribution in [0.25, 0.3) is 10.2 Å². The van der Waals surface area contributed by atoms with Crippen LogP contribution in [-0.2, 0) is 16.0 Å². The fourth-order valence-electron chi connectivity index (χ4n) is 3.59. The number of amides is 1. The van der Waals surface area contributed by atoms with Crippen LogP contribution < -0.4 is 5.32 Å². The molecule has 5 nitrogen and oxygen atoms in total. The standard InChI is InChI=1S/C21H31N3O2S/c1-16(2)18(24-11-13-26-14-12-24)15-22-20(25)9-5-6-10-21-23-17-7-3-4-8-19(17)27-21/h3-4,7-8,16,18H,5-6,9-15H2,1-2H3,(H,22,25). The molecule has 2 aromatic rings. The van der Waals surface area contributed by atoms with E-state index in [-0.39, 0.29) is 5.91 Å². The average Bonchev–Trinajstić information content (AvgIpc) is 3.09. The summed E-state index contributed by atoms with van der Waals surface area (Å²) in [5, 5.41) is 4.32. The van der Waals surface area contributed by atoms with E-state index in [0.29, 0.717) is 18.4 Å². The number of hydrogen-bond donors (Lipinski definition) is 1. The number of morpholine rings is 1. The first-order valence-corrected chi connectivity index (χ1v) is 10.9. The molecule has 1 unspecified atom stereocenters. The molecule has 1 atom stereocenters. The van der Waals surface area contributed by atoms with Crippen LogP contribution >= 0.6 is 11.3 Å². The first-order valence-electron chi connectivity index (χ1n) is 10.1. The van der Waals surface area contributed by atoms with E-state index in [4.69, 9.17) is 4.74 Å². The van der Waals surface area contributed by atoms with Gasteiger partial charge in [-0.15, -0.1) is 11.3 Å². The number of aryl methyl sites for hydroxylation is 1. The van der Waals surface area contributed by atoms with E-state index < -0.39 is 0 Å². The van der Waals surface area contributed by atoms with Gasteiger partial charge in [-0.3, -0.25) is 9.69 Å². The second-order valence-corrected chi connectivity index (χ2v) is 8.66. The lowest BCUT2D eigenvalue weighted by atomic mass is 10.0. The predicted molar refractivity (Wildman–Crippen MR) is 111 cm³/mol. The third-order valence-corrected chi connectivity index (χ3v) is 6.27. The maximum absolute atomic E-state index is 12.2. The minimum Gasteiger partial charge on any atom is -0.379 e. The first-order chi connectivity index (χ1) is 13.1. The van der Waals surface area contributed by atoms with Crippen molar-refractivity contribution in [3.63, 3.8) is 0 Å². The largest absolute Gasteiger partial charge is 0.379 e. The molecule has 1 fully saturated rings. The fraction of sp³-hybridized carbons (Fsp3) is 0.619. The Morgan fingerprint density at radius 3 is 2.78 bits per heavy atom. The summed E-state index contributed by atoms with van der Waals surface area (Å²) >= 11 is 1.76. The molecule has 1 aromatic heterocycles. The van der Waals surface area contributed by atoms with Gasteiger partial charge in [0.05, 0.1) is 28.4 Å². The Morgan fingerprint density at radius 2 is 2.04 bits per heavy atom. The lowest BCUT2D eigenvalue weighted by Crippen LogP contribution is -2.51. The molecule has 1 aliphatic heterocycles. The first kappa shape index (κ1) is 20.2. The molecular formula is C21H31N3O2S. The summed E-state index contributed by atoms with van der Waals surface area (Å²) in [5.41, 5.74) is 1.08. The number of nitrogens with one attached hydrogen (secondary N) is 1. The number of thiazole rings is 1. The third-order valence-electron chi connectivity index (χ3n) is 5.18. The second-order valence-electron chi connectivity index (χ2n) is 7.55. The van der Waals surface area contributed by atoms with Crippen molar-refractivity contribution in [1.29, 1.82) is 0 Å². The lowest BCUT2D eigenvalue weighted by molar-refractivity contribution is -0.121. The van der Waals surface area contributed by atoms with Crippen molar-refractivity contribution in [1.82, 2.24) is 15.2 Å². The Bertz CT molecular complexity index is 692. The fourth-order valence-corrected chi connectivity index (χ4v) is 4.60. The second kappa shape index (κ2) is 10.2. The van der Waals surface area contributed by atoms with Crippen molar-refractivity contribution in [2.24, 2.45) is 5.92 Å². The number of fused-ring (bicyclic) bond motifs is 1. The lowest BCUT2D eigenvalue weighted by Gasteiger charge is -2.36. The quantitative estimate of drug-likeness (QED) is 0.667. The highest BCUT2D eigenvalue weighted by atomic mass is 32.1. The summed E-state index contributed by atoms with van der Waals surface area (Å²) < 4.78 is 6.69. The molecule has 3 rings (SSSR count). The summed E-state index contributed by atoms with van der Waals surface area (Å²) in [6.45, 7) is 8.69. The van der Waals surface area contributed by atoms with Crippen LogP contribution in [0.2, 0.25) is 0 Å². The SMILES string of the molecule is CC(C)C(CNC(=O)CCCCc1nc2ccccc2s1)N1CCOCC1. The highest BCUT2D eigenvalue weighted by molar-refractivity contribution is 7.18. The minimum atomic E-state index is 0.165. The summed E-state index contributed by atoms with van der Waals surface area (Å²) in [5.74, 6) is 0.681. The number of nitrogens with zero attached hydrogens (tertiary/aromatic N) is 2. The Kier molecular flexibility index (Phi) is 7.61. The van der Waals surface area contributed by atoms with Crippen molar-refractivity contribution in [3.05, 3.63) is 29.3 Å². The van der Waals surface area contributed by atoms with E-state index in [2.05, 4.69) is 47.2 Å². The molecule has 0 bridgehead atoms. The number of unbranched alkanes of at least 4 members (excludes halogenated alkanes) is 1. The highest BCUT2D eigenvalue weighted by Gasteiger charge is 2.24. The van der Waals surface area contributed by atoms with Crippen LogP contribution in [-0.4, -0.2) is 54.7 Å². The number of aromatic nitrogens is 1. The van der Waals surface area contributed by atoms with Gasteiger partial charge in [0, 0.05) is 32.1 Å². The van der Waals surface area contributed by atoms with Crippen molar-refractivity contribution >= 4 is 27.5 Å². The van der Waals surface area contributed by atoms with Crippen molar-refractivity contribution in [2.75, 3.05) is 32.8 Å². The highest BCUT2D eigenvalue weighted by Crippen LogP contribution is 2.22. The van der Waals surface area contributed by atoms with Gasteiger partial charge >= 0.3 is 0 Å². The number of carbonyl (C=O) groups excluding carboxylic acids is 1. The van der Waals surface area contributed by atoms with Gasteiger partial charge in [0.25, 0.3) is 0 Å². The minimum absolute atomic E-state index is 0.165. The number of benzene rings is 1. The Morgan fingerprint density at radius 1 is 1.26 bits per heavy atom. The Hall–Kier alpha value is -1.50. The summed E-state index contributed by atoms with van der Waals surface area (Å²) in [6, 6.07) is 8.64. The molecule has 0 radical (unpaired) electrons. The van der Waals surface area contributed by atoms with Gasteiger partial charge in [0.15, 0.2) is 0 Å². The van der Waals surface area contributed by atoms with Crippen LogP contribution in [0.3, 0.4) is 0 Å². The Labute approximate surface area is 166 Å². The average molecular weight is 390 g/mol. The molecule has 27 heavy (non-hydrogen) atoms. The number of rotatable bonds is 9. The smallest absolute Gasteiger partial charge is 0.220 e. The van der Waals surface area contributed by atoms with Gasteiger partial charge < -0.3 is 10.1 Å². The molecule has 1 aliphatic rings. The van der Waals surface area contributed by atoms with E-state index in [1.54, 1.807) is 11.3 Å². The molecule has 1 aromatic carbocycles. The van der Waals surface area contributed by atoms with Crippen LogP contribution in [0.1, 0.15) is 38.1 Å². The van der Waals surface area contributed by atoms with Gasteiger partial charge in [-0.05, 0) is 37.3 Å². The molecule has 1 amide bonds. The molecular weight excluding hydrogens is 358 g/mol. The van der Waals surface area contributed by atoms with E-state index >= 15 is 0 Å².